The fourth-order valence-corrected chi connectivity index (χ4v) is 3.91. The molecular formula is C20H19N5O2S. The summed E-state index contributed by atoms with van der Waals surface area (Å²) in [6, 6.07) is 15.1. The van der Waals surface area contributed by atoms with E-state index in [1.54, 1.807) is 13.1 Å². The maximum atomic E-state index is 12.5. The van der Waals surface area contributed by atoms with E-state index in [2.05, 4.69) is 22.4 Å². The summed E-state index contributed by atoms with van der Waals surface area (Å²) < 4.78 is 3.28. The Morgan fingerprint density at radius 1 is 1.11 bits per heavy atom. The molecule has 0 fully saturated rings. The van der Waals surface area contributed by atoms with E-state index in [1.807, 2.05) is 46.9 Å². The first-order valence-corrected chi connectivity index (χ1v) is 9.92. The molecule has 0 spiro atoms. The van der Waals surface area contributed by atoms with Gasteiger partial charge < -0.3 is 5.32 Å². The van der Waals surface area contributed by atoms with Gasteiger partial charge in [-0.1, -0.05) is 49.0 Å². The average molecular weight is 393 g/mol. The number of carbonyl (C=O) groups excluding carboxylic acids is 1. The first-order valence-electron chi connectivity index (χ1n) is 8.93. The second-order valence-electron chi connectivity index (χ2n) is 6.35. The highest BCUT2D eigenvalue weighted by Gasteiger charge is 2.16. The largest absolute Gasteiger partial charge is 0.325 e. The van der Waals surface area contributed by atoms with E-state index in [9.17, 15) is 9.59 Å². The molecule has 0 bridgehead atoms. The summed E-state index contributed by atoms with van der Waals surface area (Å²) in [5, 5.41) is 12.4. The highest BCUT2D eigenvalue weighted by atomic mass is 32.2. The minimum absolute atomic E-state index is 0.114. The Hall–Kier alpha value is -3.13. The summed E-state index contributed by atoms with van der Waals surface area (Å²) in [7, 11) is 1.67. The highest BCUT2D eigenvalue weighted by molar-refractivity contribution is 7.99. The number of para-hydroxylation sites is 2. The van der Waals surface area contributed by atoms with Gasteiger partial charge in [0.2, 0.25) is 11.7 Å². The minimum Gasteiger partial charge on any atom is -0.325 e. The van der Waals surface area contributed by atoms with Crippen molar-refractivity contribution in [3.63, 3.8) is 0 Å². The normalized spacial score (nSPS) is 11.2. The molecule has 142 valence electrons. The topological polar surface area (TPSA) is 81.3 Å². The Labute approximate surface area is 165 Å². The van der Waals surface area contributed by atoms with Crippen molar-refractivity contribution in [1.82, 2.24) is 19.2 Å². The lowest BCUT2D eigenvalue weighted by molar-refractivity contribution is -0.113. The van der Waals surface area contributed by atoms with Gasteiger partial charge >= 0.3 is 0 Å². The first-order chi connectivity index (χ1) is 13.6. The number of fused-ring (bicyclic) bond motifs is 3. The average Bonchev–Trinajstić information content (AvgIpc) is 3.15. The lowest BCUT2D eigenvalue weighted by Crippen LogP contribution is -2.20. The molecule has 0 unspecified atom stereocenters. The van der Waals surface area contributed by atoms with Crippen molar-refractivity contribution in [1.29, 1.82) is 0 Å². The number of hydrogen-bond acceptors (Lipinski definition) is 5. The first kappa shape index (κ1) is 18.2. The molecule has 2 aromatic heterocycles. The quantitative estimate of drug-likeness (QED) is 0.527. The van der Waals surface area contributed by atoms with Crippen LogP contribution >= 0.6 is 11.8 Å². The third kappa shape index (κ3) is 3.16. The van der Waals surface area contributed by atoms with E-state index in [0.29, 0.717) is 16.3 Å². The van der Waals surface area contributed by atoms with E-state index in [1.165, 1.54) is 16.3 Å². The fraction of sp³-hybridized carbons (Fsp3) is 0.200. The fourth-order valence-electron chi connectivity index (χ4n) is 3.17. The van der Waals surface area contributed by atoms with Crippen LogP contribution in [0.4, 0.5) is 5.69 Å². The summed E-state index contributed by atoms with van der Waals surface area (Å²) in [4.78, 5) is 24.9. The van der Waals surface area contributed by atoms with Gasteiger partial charge in [0.25, 0.3) is 5.56 Å². The molecule has 7 nitrogen and oxygen atoms in total. The number of amides is 1. The Kier molecular flexibility index (Phi) is 4.87. The molecule has 28 heavy (non-hydrogen) atoms. The van der Waals surface area contributed by atoms with Crippen molar-refractivity contribution >= 4 is 40.0 Å². The predicted molar refractivity (Wildman–Crippen MR) is 111 cm³/mol. The van der Waals surface area contributed by atoms with Crippen LogP contribution in [0.2, 0.25) is 0 Å². The molecule has 0 atom stereocenters. The van der Waals surface area contributed by atoms with E-state index < -0.39 is 0 Å². The molecule has 1 N–H and O–H groups in total. The van der Waals surface area contributed by atoms with Crippen LogP contribution < -0.4 is 10.9 Å². The number of aryl methyl sites for hydroxylation is 2. The molecular weight excluding hydrogens is 374 g/mol. The van der Waals surface area contributed by atoms with E-state index in [4.69, 9.17) is 0 Å². The second-order valence-corrected chi connectivity index (χ2v) is 7.29. The van der Waals surface area contributed by atoms with Gasteiger partial charge in [0, 0.05) is 12.7 Å². The van der Waals surface area contributed by atoms with Crippen molar-refractivity contribution in [2.45, 2.75) is 18.5 Å². The van der Waals surface area contributed by atoms with Gasteiger partial charge in [0.05, 0.1) is 16.7 Å². The van der Waals surface area contributed by atoms with Crippen LogP contribution in [0.5, 0.6) is 0 Å². The Morgan fingerprint density at radius 3 is 2.68 bits per heavy atom. The summed E-state index contributed by atoms with van der Waals surface area (Å²) >= 11 is 1.29. The summed E-state index contributed by atoms with van der Waals surface area (Å²) in [5.74, 6) is 0.524. The van der Waals surface area contributed by atoms with E-state index >= 15 is 0 Å². The maximum absolute atomic E-state index is 12.5. The maximum Gasteiger partial charge on any atom is 0.262 e. The van der Waals surface area contributed by atoms with Crippen molar-refractivity contribution in [2.75, 3.05) is 11.1 Å². The number of anilines is 1. The molecule has 4 aromatic rings. The second kappa shape index (κ2) is 7.47. The van der Waals surface area contributed by atoms with Gasteiger partial charge in [0.15, 0.2) is 5.16 Å². The highest BCUT2D eigenvalue weighted by Crippen LogP contribution is 2.22. The van der Waals surface area contributed by atoms with Crippen LogP contribution in [0.3, 0.4) is 0 Å². The van der Waals surface area contributed by atoms with Gasteiger partial charge in [-0.3, -0.25) is 18.6 Å². The summed E-state index contributed by atoms with van der Waals surface area (Å²) in [6.45, 7) is 2.05. The standard InChI is InChI=1S/C20H19N5O2S/c1-3-13-8-4-6-10-15(13)21-17(26)12-28-20-23-22-19-24(2)18(27)14-9-5-7-11-16(14)25(19)20/h4-11H,3,12H2,1-2H3,(H,21,26). The van der Waals surface area contributed by atoms with Gasteiger partial charge in [-0.15, -0.1) is 10.2 Å². The zero-order valence-corrected chi connectivity index (χ0v) is 16.4. The number of hydrogen-bond donors (Lipinski definition) is 1. The van der Waals surface area contributed by atoms with E-state index in [-0.39, 0.29) is 17.2 Å². The third-order valence-electron chi connectivity index (χ3n) is 4.60. The minimum atomic E-state index is -0.124. The molecule has 2 aromatic carbocycles. The number of benzene rings is 2. The zero-order valence-electron chi connectivity index (χ0n) is 15.5. The SMILES string of the molecule is CCc1ccccc1NC(=O)CSc1nnc2n(C)c(=O)c3ccccc3n12. The molecule has 2 heterocycles. The lowest BCUT2D eigenvalue weighted by Gasteiger charge is -2.10. The molecule has 4 rings (SSSR count). The van der Waals surface area contributed by atoms with Crippen LogP contribution in [0.1, 0.15) is 12.5 Å². The van der Waals surface area contributed by atoms with Gasteiger partial charge in [-0.05, 0) is 30.2 Å². The zero-order chi connectivity index (χ0) is 19.7. The van der Waals surface area contributed by atoms with Crippen LogP contribution in [0.25, 0.3) is 16.7 Å². The molecule has 0 saturated heterocycles. The molecule has 8 heteroatoms. The Balaban J connectivity index is 1.62. The van der Waals surface area contributed by atoms with Crippen LogP contribution in [-0.4, -0.2) is 30.8 Å². The third-order valence-corrected chi connectivity index (χ3v) is 5.53. The number of thioether (sulfide) groups is 1. The van der Waals surface area contributed by atoms with Crippen molar-refractivity contribution < 1.29 is 4.79 Å². The van der Waals surface area contributed by atoms with Gasteiger partial charge in [0.1, 0.15) is 0 Å². The smallest absolute Gasteiger partial charge is 0.262 e. The molecule has 0 aliphatic rings. The molecule has 0 aliphatic carbocycles. The van der Waals surface area contributed by atoms with Crippen LogP contribution in [-0.2, 0) is 18.3 Å². The lowest BCUT2D eigenvalue weighted by atomic mass is 10.1. The number of rotatable bonds is 5. The van der Waals surface area contributed by atoms with Crippen molar-refractivity contribution in [3.05, 3.63) is 64.4 Å². The summed E-state index contributed by atoms with van der Waals surface area (Å²) in [6.07, 6.45) is 0.846. The van der Waals surface area contributed by atoms with E-state index in [0.717, 1.165) is 23.2 Å². The molecule has 0 aliphatic heterocycles. The molecule has 1 amide bonds. The number of aromatic nitrogens is 4. The Morgan fingerprint density at radius 2 is 1.86 bits per heavy atom. The van der Waals surface area contributed by atoms with Gasteiger partial charge in [-0.25, -0.2) is 0 Å². The molecule has 0 saturated carbocycles. The molecule has 0 radical (unpaired) electrons. The number of nitrogens with one attached hydrogen (secondary N) is 1. The van der Waals surface area contributed by atoms with Crippen LogP contribution in [0.15, 0.2) is 58.5 Å². The van der Waals surface area contributed by atoms with Gasteiger partial charge in [-0.2, -0.15) is 0 Å². The van der Waals surface area contributed by atoms with Crippen LogP contribution in [0, 0.1) is 0 Å². The number of carbonyl (C=O) groups is 1. The van der Waals surface area contributed by atoms with Crippen molar-refractivity contribution in [2.24, 2.45) is 7.05 Å². The Bertz CT molecular complexity index is 1240. The van der Waals surface area contributed by atoms with Crippen molar-refractivity contribution in [3.8, 4) is 0 Å². The monoisotopic (exact) mass is 393 g/mol. The number of nitrogens with zero attached hydrogens (tertiary/aromatic N) is 4. The predicted octanol–water partition coefficient (Wildman–Crippen LogP) is 2.87. The summed E-state index contributed by atoms with van der Waals surface area (Å²) in [5.41, 5.74) is 2.52.